The van der Waals surface area contributed by atoms with E-state index in [1.807, 2.05) is 24.3 Å². The molecule has 4 rings (SSSR count). The number of hydrogen-bond acceptors (Lipinski definition) is 6. The molecule has 0 aliphatic carbocycles. The van der Waals surface area contributed by atoms with Crippen LogP contribution in [-0.2, 0) is 16.4 Å². The molecule has 0 amide bonds. The van der Waals surface area contributed by atoms with E-state index < -0.39 is 10.0 Å². The normalized spacial score (nSPS) is 17.1. The fourth-order valence-electron chi connectivity index (χ4n) is 2.65. The molecule has 0 fully saturated rings. The van der Waals surface area contributed by atoms with E-state index in [0.717, 1.165) is 23.0 Å². The van der Waals surface area contributed by atoms with Crippen molar-refractivity contribution >= 4 is 32.8 Å². The van der Waals surface area contributed by atoms with Crippen molar-refractivity contribution in [2.45, 2.75) is 17.4 Å². The number of nitrogens with zero attached hydrogens (tertiary/aromatic N) is 2. The van der Waals surface area contributed by atoms with Crippen molar-refractivity contribution in [3.05, 3.63) is 48.0 Å². The van der Waals surface area contributed by atoms with Crippen LogP contribution >= 0.6 is 11.7 Å². The van der Waals surface area contributed by atoms with Crippen LogP contribution in [0, 0.1) is 0 Å². The van der Waals surface area contributed by atoms with Crippen molar-refractivity contribution in [1.82, 2.24) is 13.5 Å². The molecule has 1 N–H and O–H groups in total. The molecule has 1 atom stereocenters. The lowest BCUT2D eigenvalue weighted by Gasteiger charge is -2.12. The highest BCUT2D eigenvalue weighted by atomic mass is 32.2. The minimum Gasteiger partial charge on any atom is -0.488 e. The molecule has 0 unspecified atom stereocenters. The number of ether oxygens (including phenoxy) is 1. The van der Waals surface area contributed by atoms with Gasteiger partial charge in [-0.3, -0.25) is 0 Å². The highest BCUT2D eigenvalue weighted by Gasteiger charge is 2.26. The van der Waals surface area contributed by atoms with Gasteiger partial charge in [-0.05, 0) is 23.8 Å². The quantitative estimate of drug-likeness (QED) is 0.780. The molecular weight excluding hydrogens is 334 g/mol. The Hall–Kier alpha value is -2.03. The lowest BCUT2D eigenvalue weighted by atomic mass is 10.1. The van der Waals surface area contributed by atoms with Gasteiger partial charge >= 0.3 is 0 Å². The summed E-state index contributed by atoms with van der Waals surface area (Å²) in [4.78, 5) is 0.152. The zero-order valence-corrected chi connectivity index (χ0v) is 13.6. The van der Waals surface area contributed by atoms with Crippen LogP contribution in [0.3, 0.4) is 0 Å². The molecule has 0 bridgehead atoms. The second kappa shape index (κ2) is 5.55. The van der Waals surface area contributed by atoms with Gasteiger partial charge in [-0.1, -0.05) is 24.3 Å². The molecule has 0 spiro atoms. The highest BCUT2D eigenvalue weighted by Crippen LogP contribution is 2.28. The van der Waals surface area contributed by atoms with Gasteiger partial charge in [0.2, 0.25) is 10.0 Å². The number of aromatic nitrogens is 2. The van der Waals surface area contributed by atoms with Crippen LogP contribution in [0.5, 0.6) is 5.75 Å². The Kier molecular flexibility index (Phi) is 3.51. The first-order chi connectivity index (χ1) is 11.1. The Balaban J connectivity index is 1.52. The number of benzene rings is 2. The SMILES string of the molecule is O=S(=O)(NC[C@@H]1Cc2ccccc2O1)c1cccc2nsnc12. The van der Waals surface area contributed by atoms with E-state index in [2.05, 4.69) is 13.5 Å². The summed E-state index contributed by atoms with van der Waals surface area (Å²) in [5.74, 6) is 0.822. The van der Waals surface area contributed by atoms with Crippen LogP contribution in [-0.4, -0.2) is 29.8 Å². The van der Waals surface area contributed by atoms with Crippen molar-refractivity contribution in [3.63, 3.8) is 0 Å². The molecule has 2 aromatic carbocycles. The monoisotopic (exact) mass is 347 g/mol. The van der Waals surface area contributed by atoms with E-state index in [1.54, 1.807) is 12.1 Å². The number of nitrogens with one attached hydrogen (secondary N) is 1. The molecule has 1 aliphatic rings. The summed E-state index contributed by atoms with van der Waals surface area (Å²) in [5, 5.41) is 0. The zero-order chi connectivity index (χ0) is 15.9. The molecule has 8 heteroatoms. The zero-order valence-electron chi connectivity index (χ0n) is 12.0. The molecule has 1 aliphatic heterocycles. The Morgan fingerprint density at radius 1 is 1.17 bits per heavy atom. The Labute approximate surface area is 137 Å². The first-order valence-corrected chi connectivity index (χ1v) is 9.30. The van der Waals surface area contributed by atoms with Gasteiger partial charge in [0, 0.05) is 13.0 Å². The van der Waals surface area contributed by atoms with Crippen molar-refractivity contribution in [2.75, 3.05) is 6.54 Å². The van der Waals surface area contributed by atoms with Crippen LogP contribution in [0.15, 0.2) is 47.4 Å². The van der Waals surface area contributed by atoms with Gasteiger partial charge in [-0.25, -0.2) is 13.1 Å². The molecule has 3 aromatic rings. The largest absolute Gasteiger partial charge is 0.488 e. The van der Waals surface area contributed by atoms with Gasteiger partial charge in [-0.2, -0.15) is 8.75 Å². The summed E-state index contributed by atoms with van der Waals surface area (Å²) >= 11 is 1.00. The summed E-state index contributed by atoms with van der Waals surface area (Å²) < 4.78 is 41.6. The third-order valence-corrected chi connectivity index (χ3v) is 5.75. The molecule has 118 valence electrons. The maximum absolute atomic E-state index is 12.5. The van der Waals surface area contributed by atoms with Crippen LogP contribution in [0.1, 0.15) is 5.56 Å². The first-order valence-electron chi connectivity index (χ1n) is 7.09. The number of rotatable bonds is 4. The Morgan fingerprint density at radius 3 is 2.91 bits per heavy atom. The first kappa shape index (κ1) is 14.6. The van der Waals surface area contributed by atoms with E-state index in [1.165, 1.54) is 6.07 Å². The molecule has 23 heavy (non-hydrogen) atoms. The summed E-state index contributed by atoms with van der Waals surface area (Å²) in [6.45, 7) is 0.213. The van der Waals surface area contributed by atoms with E-state index >= 15 is 0 Å². The van der Waals surface area contributed by atoms with Crippen LogP contribution in [0.4, 0.5) is 0 Å². The maximum Gasteiger partial charge on any atom is 0.242 e. The summed E-state index contributed by atoms with van der Waals surface area (Å²) in [6, 6.07) is 12.7. The maximum atomic E-state index is 12.5. The van der Waals surface area contributed by atoms with Gasteiger partial charge in [0.25, 0.3) is 0 Å². The fraction of sp³-hybridized carbons (Fsp3) is 0.200. The highest BCUT2D eigenvalue weighted by molar-refractivity contribution is 7.89. The molecular formula is C15H13N3O3S2. The van der Waals surface area contributed by atoms with E-state index in [-0.39, 0.29) is 17.5 Å². The van der Waals surface area contributed by atoms with Crippen LogP contribution in [0.25, 0.3) is 11.0 Å². The predicted octanol–water partition coefficient (Wildman–Crippen LogP) is 1.97. The number of hydrogen-bond donors (Lipinski definition) is 1. The Morgan fingerprint density at radius 2 is 2.04 bits per heavy atom. The third-order valence-electron chi connectivity index (χ3n) is 3.75. The molecule has 6 nitrogen and oxygen atoms in total. The Bertz CT molecular complexity index is 944. The predicted molar refractivity (Wildman–Crippen MR) is 87.2 cm³/mol. The lowest BCUT2D eigenvalue weighted by Crippen LogP contribution is -2.34. The van der Waals surface area contributed by atoms with Crippen molar-refractivity contribution in [1.29, 1.82) is 0 Å². The summed E-state index contributed by atoms with van der Waals surface area (Å²) in [7, 11) is -3.66. The van der Waals surface area contributed by atoms with E-state index in [0.29, 0.717) is 17.5 Å². The molecule has 0 saturated carbocycles. The minimum absolute atomic E-state index is 0.152. The molecule has 2 heterocycles. The number of sulfonamides is 1. The average molecular weight is 347 g/mol. The van der Waals surface area contributed by atoms with E-state index in [9.17, 15) is 8.42 Å². The van der Waals surface area contributed by atoms with Gasteiger partial charge in [0.1, 0.15) is 27.8 Å². The standard InChI is InChI=1S/C15H13N3O3S2/c19-23(20,14-7-3-5-12-15(14)18-22-17-12)16-9-11-8-10-4-1-2-6-13(10)21-11/h1-7,11,16H,8-9H2/t11-/m0/s1. The van der Waals surface area contributed by atoms with Gasteiger partial charge < -0.3 is 4.74 Å². The van der Waals surface area contributed by atoms with E-state index in [4.69, 9.17) is 4.74 Å². The minimum atomic E-state index is -3.66. The van der Waals surface area contributed by atoms with Crippen molar-refractivity contribution < 1.29 is 13.2 Å². The topological polar surface area (TPSA) is 81.2 Å². The van der Waals surface area contributed by atoms with Gasteiger partial charge in [0.05, 0.1) is 11.7 Å². The van der Waals surface area contributed by atoms with Crippen molar-refractivity contribution in [3.8, 4) is 5.75 Å². The average Bonchev–Trinajstić information content (AvgIpc) is 3.18. The summed E-state index contributed by atoms with van der Waals surface area (Å²) in [6.07, 6.45) is 0.496. The lowest BCUT2D eigenvalue weighted by molar-refractivity contribution is 0.236. The molecule has 0 saturated heterocycles. The van der Waals surface area contributed by atoms with Gasteiger partial charge in [0.15, 0.2) is 0 Å². The smallest absolute Gasteiger partial charge is 0.242 e. The fourth-order valence-corrected chi connectivity index (χ4v) is 4.48. The second-order valence-corrected chi connectivity index (χ2v) is 7.56. The van der Waals surface area contributed by atoms with Gasteiger partial charge in [-0.15, -0.1) is 0 Å². The number of para-hydroxylation sites is 1. The second-order valence-electron chi connectivity index (χ2n) is 5.29. The molecule has 0 radical (unpaired) electrons. The molecule has 1 aromatic heterocycles. The van der Waals surface area contributed by atoms with Crippen LogP contribution < -0.4 is 9.46 Å². The number of fused-ring (bicyclic) bond motifs is 2. The third kappa shape index (κ3) is 2.69. The summed E-state index contributed by atoms with van der Waals surface area (Å²) in [5.41, 5.74) is 2.09. The van der Waals surface area contributed by atoms with Crippen LogP contribution in [0.2, 0.25) is 0 Å². The van der Waals surface area contributed by atoms with Crippen molar-refractivity contribution in [2.24, 2.45) is 0 Å².